The van der Waals surface area contributed by atoms with E-state index in [4.69, 9.17) is 10.5 Å². The highest BCUT2D eigenvalue weighted by Crippen LogP contribution is 2.24. The van der Waals surface area contributed by atoms with Crippen LogP contribution < -0.4 is 10.5 Å². The Morgan fingerprint density at radius 1 is 1.21 bits per heavy atom. The molecule has 2 rings (SSSR count). The van der Waals surface area contributed by atoms with Crippen molar-refractivity contribution in [2.45, 2.75) is 27.2 Å². The Morgan fingerprint density at radius 3 is 2.63 bits per heavy atom. The summed E-state index contributed by atoms with van der Waals surface area (Å²) < 4.78 is 5.49. The molecule has 0 aliphatic rings. The normalized spacial score (nSPS) is 10.5. The number of hydrogen-bond acceptors (Lipinski definition) is 4. The van der Waals surface area contributed by atoms with Crippen LogP contribution in [0.3, 0.4) is 0 Å². The average molecular weight is 257 g/mol. The summed E-state index contributed by atoms with van der Waals surface area (Å²) in [5.41, 5.74) is 8.86. The number of rotatable bonds is 4. The Bertz CT molecular complexity index is 558. The summed E-state index contributed by atoms with van der Waals surface area (Å²) in [4.78, 5) is 8.92. The van der Waals surface area contributed by atoms with E-state index in [1.807, 2.05) is 38.1 Å². The lowest BCUT2D eigenvalue weighted by Crippen LogP contribution is -2.04. The lowest BCUT2D eigenvalue weighted by Gasteiger charge is -2.10. The van der Waals surface area contributed by atoms with Gasteiger partial charge in [0.05, 0.1) is 6.61 Å². The van der Waals surface area contributed by atoms with E-state index in [-0.39, 0.29) is 0 Å². The Hall–Kier alpha value is -2.10. The molecule has 4 nitrogen and oxygen atoms in total. The van der Waals surface area contributed by atoms with Crippen LogP contribution in [0.1, 0.15) is 25.1 Å². The highest BCUT2D eigenvalue weighted by molar-refractivity contribution is 5.60. The van der Waals surface area contributed by atoms with Crippen molar-refractivity contribution in [2.24, 2.45) is 0 Å². The highest BCUT2D eigenvalue weighted by atomic mass is 16.5. The third-order valence-electron chi connectivity index (χ3n) is 3.00. The summed E-state index contributed by atoms with van der Waals surface area (Å²) in [6, 6.07) is 7.75. The fraction of sp³-hybridized carbons (Fsp3) is 0.333. The van der Waals surface area contributed by atoms with Gasteiger partial charge in [-0.2, -0.15) is 0 Å². The first-order valence-corrected chi connectivity index (χ1v) is 6.52. The molecular formula is C15H19N3O. The van der Waals surface area contributed by atoms with Gasteiger partial charge in [-0.1, -0.05) is 19.1 Å². The van der Waals surface area contributed by atoms with Gasteiger partial charge in [-0.25, -0.2) is 9.97 Å². The third-order valence-corrected chi connectivity index (χ3v) is 3.00. The summed E-state index contributed by atoms with van der Waals surface area (Å²) in [6.07, 6.45) is 0.844. The van der Waals surface area contributed by atoms with Crippen molar-refractivity contribution in [1.82, 2.24) is 9.97 Å². The lowest BCUT2D eigenvalue weighted by molar-refractivity contribution is 0.340. The van der Waals surface area contributed by atoms with Gasteiger partial charge in [0.25, 0.3) is 0 Å². The van der Waals surface area contributed by atoms with Crippen molar-refractivity contribution in [3.63, 3.8) is 0 Å². The van der Waals surface area contributed by atoms with Crippen molar-refractivity contribution in [3.05, 3.63) is 35.5 Å². The van der Waals surface area contributed by atoms with Crippen LogP contribution in [0.5, 0.6) is 5.75 Å². The summed E-state index contributed by atoms with van der Waals surface area (Å²) >= 11 is 0. The van der Waals surface area contributed by atoms with Crippen LogP contribution in [0, 0.1) is 6.92 Å². The molecule has 1 heterocycles. The minimum atomic E-state index is 0.562. The second-order valence-electron chi connectivity index (χ2n) is 4.31. The molecule has 0 bridgehead atoms. The maximum absolute atomic E-state index is 5.98. The van der Waals surface area contributed by atoms with Gasteiger partial charge in [-0.05, 0) is 32.4 Å². The van der Waals surface area contributed by atoms with Crippen molar-refractivity contribution in [1.29, 1.82) is 0 Å². The first-order valence-electron chi connectivity index (χ1n) is 6.52. The van der Waals surface area contributed by atoms with Gasteiger partial charge >= 0.3 is 0 Å². The molecule has 2 aromatic rings. The van der Waals surface area contributed by atoms with E-state index in [9.17, 15) is 0 Å². The lowest BCUT2D eigenvalue weighted by atomic mass is 10.1. The SMILES string of the molecule is CCOc1cccc(-c2nc(C)c(CC)c(N)n2)c1. The second kappa shape index (κ2) is 5.69. The zero-order chi connectivity index (χ0) is 13.8. The molecule has 0 amide bonds. The van der Waals surface area contributed by atoms with Crippen LogP contribution in [-0.4, -0.2) is 16.6 Å². The Morgan fingerprint density at radius 2 is 2.00 bits per heavy atom. The van der Waals surface area contributed by atoms with Crippen molar-refractivity contribution >= 4 is 5.82 Å². The van der Waals surface area contributed by atoms with Gasteiger partial charge < -0.3 is 10.5 Å². The number of ether oxygens (including phenoxy) is 1. The molecule has 0 spiro atoms. The molecule has 1 aromatic heterocycles. The number of nitrogens with zero attached hydrogens (tertiary/aromatic N) is 2. The summed E-state index contributed by atoms with van der Waals surface area (Å²) in [5, 5.41) is 0. The second-order valence-corrected chi connectivity index (χ2v) is 4.31. The highest BCUT2D eigenvalue weighted by Gasteiger charge is 2.09. The van der Waals surface area contributed by atoms with Gasteiger partial charge in [0.15, 0.2) is 5.82 Å². The predicted molar refractivity (Wildman–Crippen MR) is 77.2 cm³/mol. The summed E-state index contributed by atoms with van der Waals surface area (Å²) in [5.74, 6) is 2.03. The third kappa shape index (κ3) is 2.84. The van der Waals surface area contributed by atoms with Crippen LogP contribution in [0.25, 0.3) is 11.4 Å². The van der Waals surface area contributed by atoms with E-state index >= 15 is 0 Å². The zero-order valence-electron chi connectivity index (χ0n) is 11.6. The molecule has 0 unspecified atom stereocenters. The number of nitrogens with two attached hydrogens (primary N) is 1. The van der Waals surface area contributed by atoms with E-state index in [0.717, 1.165) is 29.0 Å². The Kier molecular flexibility index (Phi) is 4.00. The zero-order valence-corrected chi connectivity index (χ0v) is 11.6. The molecular weight excluding hydrogens is 238 g/mol. The van der Waals surface area contributed by atoms with E-state index in [0.29, 0.717) is 18.2 Å². The first kappa shape index (κ1) is 13.3. The van der Waals surface area contributed by atoms with Crippen LogP contribution in [0.15, 0.2) is 24.3 Å². The summed E-state index contributed by atoms with van der Waals surface area (Å²) in [6.45, 7) is 6.62. The molecule has 0 saturated heterocycles. The maximum Gasteiger partial charge on any atom is 0.161 e. The minimum absolute atomic E-state index is 0.562. The average Bonchev–Trinajstić information content (AvgIpc) is 2.39. The monoisotopic (exact) mass is 257 g/mol. The quantitative estimate of drug-likeness (QED) is 0.914. The Balaban J connectivity index is 2.44. The van der Waals surface area contributed by atoms with Gasteiger partial charge in [-0.15, -0.1) is 0 Å². The van der Waals surface area contributed by atoms with E-state index < -0.39 is 0 Å². The van der Waals surface area contributed by atoms with E-state index in [1.165, 1.54) is 0 Å². The number of benzene rings is 1. The maximum atomic E-state index is 5.98. The molecule has 19 heavy (non-hydrogen) atoms. The fourth-order valence-corrected chi connectivity index (χ4v) is 2.08. The molecule has 0 radical (unpaired) electrons. The number of nitrogen functional groups attached to an aromatic ring is 1. The van der Waals surface area contributed by atoms with Crippen LogP contribution in [0.4, 0.5) is 5.82 Å². The van der Waals surface area contributed by atoms with Crippen molar-refractivity contribution in [2.75, 3.05) is 12.3 Å². The minimum Gasteiger partial charge on any atom is -0.494 e. The fourth-order valence-electron chi connectivity index (χ4n) is 2.08. The molecule has 100 valence electrons. The van der Waals surface area contributed by atoms with Crippen LogP contribution >= 0.6 is 0 Å². The molecule has 0 aliphatic carbocycles. The van der Waals surface area contributed by atoms with Crippen molar-refractivity contribution in [3.8, 4) is 17.1 Å². The summed E-state index contributed by atoms with van der Waals surface area (Å²) in [7, 11) is 0. The molecule has 0 atom stereocenters. The number of aryl methyl sites for hydroxylation is 1. The molecule has 4 heteroatoms. The molecule has 0 aliphatic heterocycles. The Labute approximate surface area is 113 Å². The predicted octanol–water partition coefficient (Wildman–Crippen LogP) is 3.00. The van der Waals surface area contributed by atoms with E-state index in [2.05, 4.69) is 16.9 Å². The molecule has 2 N–H and O–H groups in total. The molecule has 1 aromatic carbocycles. The van der Waals surface area contributed by atoms with Crippen LogP contribution in [-0.2, 0) is 6.42 Å². The van der Waals surface area contributed by atoms with Gasteiger partial charge in [0, 0.05) is 16.8 Å². The topological polar surface area (TPSA) is 61.0 Å². The first-order chi connectivity index (χ1) is 9.15. The van der Waals surface area contributed by atoms with Gasteiger partial charge in [0.1, 0.15) is 11.6 Å². The van der Waals surface area contributed by atoms with Gasteiger partial charge in [0.2, 0.25) is 0 Å². The van der Waals surface area contributed by atoms with Gasteiger partial charge in [-0.3, -0.25) is 0 Å². The molecule has 0 saturated carbocycles. The smallest absolute Gasteiger partial charge is 0.161 e. The number of anilines is 1. The van der Waals surface area contributed by atoms with E-state index in [1.54, 1.807) is 0 Å². The number of hydrogen-bond donors (Lipinski definition) is 1. The molecule has 0 fully saturated rings. The van der Waals surface area contributed by atoms with Crippen molar-refractivity contribution < 1.29 is 4.74 Å². The largest absolute Gasteiger partial charge is 0.494 e. The van der Waals surface area contributed by atoms with Crippen LogP contribution in [0.2, 0.25) is 0 Å². The number of aromatic nitrogens is 2. The standard InChI is InChI=1S/C15H19N3O/c1-4-13-10(3)17-15(18-14(13)16)11-7-6-8-12(9-11)19-5-2/h6-9H,4-5H2,1-3H3,(H2,16,17,18).